The van der Waals surface area contributed by atoms with Crippen LogP contribution < -0.4 is 5.32 Å². The van der Waals surface area contributed by atoms with Gasteiger partial charge in [-0.15, -0.1) is 11.6 Å². The Morgan fingerprint density at radius 3 is 2.74 bits per heavy atom. The highest BCUT2D eigenvalue weighted by Crippen LogP contribution is 2.26. The summed E-state index contributed by atoms with van der Waals surface area (Å²) in [5.74, 6) is -0.141. The van der Waals surface area contributed by atoms with E-state index in [2.05, 4.69) is 5.32 Å². The normalized spacial score (nSPS) is 11.9. The van der Waals surface area contributed by atoms with Crippen LogP contribution in [0.3, 0.4) is 0 Å². The molecule has 5 nitrogen and oxygen atoms in total. The highest BCUT2D eigenvalue weighted by Gasteiger charge is 2.24. The zero-order chi connectivity index (χ0) is 14.4. The topological polar surface area (TPSA) is 72.2 Å². The van der Waals surface area contributed by atoms with Crippen LogP contribution in [0, 0.1) is 10.1 Å². The molecule has 0 spiro atoms. The molecule has 1 atom stereocenters. The van der Waals surface area contributed by atoms with Gasteiger partial charge in [-0.25, -0.2) is 0 Å². The second-order valence-corrected chi connectivity index (χ2v) is 4.73. The first-order valence-electron chi connectivity index (χ1n) is 5.81. The van der Waals surface area contributed by atoms with Crippen molar-refractivity contribution in [1.29, 1.82) is 0 Å². The van der Waals surface area contributed by atoms with Crippen LogP contribution in [-0.4, -0.2) is 22.8 Å². The number of carbonyl (C=O) groups is 1. The number of benzene rings is 1. The van der Waals surface area contributed by atoms with E-state index in [1.165, 1.54) is 18.2 Å². The lowest BCUT2D eigenvalue weighted by atomic mass is 10.1. The fourth-order valence-electron chi connectivity index (χ4n) is 1.66. The first-order valence-corrected chi connectivity index (χ1v) is 6.72. The Morgan fingerprint density at radius 2 is 2.21 bits per heavy atom. The summed E-state index contributed by atoms with van der Waals surface area (Å²) in [6, 6.07) is 4.02. The number of carbonyl (C=O) groups excluding carboxylic acids is 1. The van der Waals surface area contributed by atoms with Crippen molar-refractivity contribution in [3.63, 3.8) is 0 Å². The minimum Gasteiger partial charge on any atom is -0.349 e. The number of rotatable bonds is 6. The molecule has 1 rings (SSSR count). The number of nitrogens with one attached hydrogen (secondary N) is 1. The fourth-order valence-corrected chi connectivity index (χ4v) is 2.18. The van der Waals surface area contributed by atoms with Crippen molar-refractivity contribution in [2.24, 2.45) is 0 Å². The van der Waals surface area contributed by atoms with Crippen molar-refractivity contribution in [2.45, 2.75) is 25.8 Å². The van der Waals surface area contributed by atoms with Gasteiger partial charge in [0.25, 0.3) is 11.6 Å². The van der Waals surface area contributed by atoms with Gasteiger partial charge in [0, 0.05) is 18.0 Å². The molecule has 0 fully saturated rings. The van der Waals surface area contributed by atoms with Crippen LogP contribution in [0.4, 0.5) is 5.69 Å². The van der Waals surface area contributed by atoms with Crippen molar-refractivity contribution in [2.75, 3.05) is 5.88 Å². The van der Waals surface area contributed by atoms with Crippen LogP contribution >= 0.6 is 23.2 Å². The van der Waals surface area contributed by atoms with E-state index < -0.39 is 10.8 Å². The third-order valence-corrected chi connectivity index (χ3v) is 3.23. The minimum absolute atomic E-state index is 0.0624. The molecule has 0 radical (unpaired) electrons. The Labute approximate surface area is 121 Å². The molecule has 1 aromatic rings. The fraction of sp³-hybridized carbons (Fsp3) is 0.417. The van der Waals surface area contributed by atoms with Crippen molar-refractivity contribution >= 4 is 34.8 Å². The molecule has 19 heavy (non-hydrogen) atoms. The molecule has 1 amide bonds. The van der Waals surface area contributed by atoms with Crippen molar-refractivity contribution < 1.29 is 9.72 Å². The summed E-state index contributed by atoms with van der Waals surface area (Å²) in [5, 5.41) is 13.7. The average Bonchev–Trinajstić information content (AvgIpc) is 2.37. The van der Waals surface area contributed by atoms with E-state index >= 15 is 0 Å². The summed E-state index contributed by atoms with van der Waals surface area (Å²) in [6.07, 6.45) is 1.29. The first-order chi connectivity index (χ1) is 9.01. The van der Waals surface area contributed by atoms with Crippen LogP contribution in [0.5, 0.6) is 0 Å². The van der Waals surface area contributed by atoms with E-state index in [0.717, 1.165) is 0 Å². The maximum atomic E-state index is 12.1. The number of alkyl halides is 1. The number of nitro groups is 1. The molecule has 1 N–H and O–H groups in total. The monoisotopic (exact) mass is 304 g/mol. The second kappa shape index (κ2) is 7.31. The number of halogens is 2. The molecule has 0 heterocycles. The van der Waals surface area contributed by atoms with E-state index in [-0.39, 0.29) is 22.3 Å². The highest BCUT2D eigenvalue weighted by molar-refractivity contribution is 6.34. The Morgan fingerprint density at radius 1 is 1.53 bits per heavy atom. The van der Waals surface area contributed by atoms with Gasteiger partial charge in [0.15, 0.2) is 0 Å². The third kappa shape index (κ3) is 4.08. The number of amides is 1. The van der Waals surface area contributed by atoms with Gasteiger partial charge in [-0.2, -0.15) is 0 Å². The predicted molar refractivity (Wildman–Crippen MR) is 75.0 cm³/mol. The van der Waals surface area contributed by atoms with Gasteiger partial charge in [-0.3, -0.25) is 14.9 Å². The molecule has 7 heteroatoms. The smallest absolute Gasteiger partial charge is 0.283 e. The van der Waals surface area contributed by atoms with Gasteiger partial charge >= 0.3 is 0 Å². The van der Waals surface area contributed by atoms with Crippen LogP contribution in [0.15, 0.2) is 18.2 Å². The molecule has 0 bridgehead atoms. The molecule has 0 saturated carbocycles. The molecular weight excluding hydrogens is 291 g/mol. The lowest BCUT2D eigenvalue weighted by Gasteiger charge is -2.16. The number of hydrogen-bond donors (Lipinski definition) is 1. The third-order valence-electron chi connectivity index (χ3n) is 2.70. The summed E-state index contributed by atoms with van der Waals surface area (Å²) < 4.78 is 0. The summed E-state index contributed by atoms with van der Waals surface area (Å²) in [5.41, 5.74) is -0.409. The zero-order valence-corrected chi connectivity index (χ0v) is 11.9. The SMILES string of the molecule is CCC(CCCl)NC(=O)c1c(Cl)cccc1[N+](=O)[O-]. The number of nitrogens with zero attached hydrogens (tertiary/aromatic N) is 1. The van der Waals surface area contributed by atoms with Crippen LogP contribution in [0.25, 0.3) is 0 Å². The lowest BCUT2D eigenvalue weighted by Crippen LogP contribution is -2.35. The van der Waals surface area contributed by atoms with Crippen molar-refractivity contribution in [3.05, 3.63) is 38.9 Å². The first kappa shape index (κ1) is 15.7. The molecular formula is C12H14Cl2N2O3. The average molecular weight is 305 g/mol. The highest BCUT2D eigenvalue weighted by atomic mass is 35.5. The molecule has 0 aliphatic heterocycles. The lowest BCUT2D eigenvalue weighted by molar-refractivity contribution is -0.385. The molecule has 0 aliphatic rings. The van der Waals surface area contributed by atoms with E-state index in [9.17, 15) is 14.9 Å². The molecule has 104 valence electrons. The van der Waals surface area contributed by atoms with Crippen molar-refractivity contribution in [1.82, 2.24) is 5.32 Å². The molecule has 1 unspecified atom stereocenters. The van der Waals surface area contributed by atoms with Crippen LogP contribution in [-0.2, 0) is 0 Å². The Bertz CT molecular complexity index is 480. The van der Waals surface area contributed by atoms with Crippen molar-refractivity contribution in [3.8, 4) is 0 Å². The van der Waals surface area contributed by atoms with Crippen LogP contribution in [0.1, 0.15) is 30.1 Å². The zero-order valence-electron chi connectivity index (χ0n) is 10.4. The van der Waals surface area contributed by atoms with E-state index in [4.69, 9.17) is 23.2 Å². The molecule has 0 saturated heterocycles. The Hall–Kier alpha value is -1.33. The Kier molecular flexibility index (Phi) is 6.05. The van der Waals surface area contributed by atoms with Gasteiger partial charge in [-0.1, -0.05) is 24.6 Å². The summed E-state index contributed by atoms with van der Waals surface area (Å²) in [4.78, 5) is 22.4. The van der Waals surface area contributed by atoms with E-state index in [1.807, 2.05) is 6.92 Å². The predicted octanol–water partition coefficient (Wildman–Crippen LogP) is 3.39. The van der Waals surface area contributed by atoms with Gasteiger partial charge in [-0.05, 0) is 18.9 Å². The maximum absolute atomic E-state index is 12.1. The van der Waals surface area contributed by atoms with Gasteiger partial charge in [0.1, 0.15) is 5.56 Å². The van der Waals surface area contributed by atoms with Gasteiger partial charge in [0.05, 0.1) is 9.95 Å². The molecule has 1 aromatic carbocycles. The minimum atomic E-state index is -0.622. The number of hydrogen-bond acceptors (Lipinski definition) is 3. The van der Waals surface area contributed by atoms with Gasteiger partial charge < -0.3 is 5.32 Å². The maximum Gasteiger partial charge on any atom is 0.283 e. The summed E-state index contributed by atoms with van der Waals surface area (Å²) in [7, 11) is 0. The number of nitro benzene ring substituents is 1. The second-order valence-electron chi connectivity index (χ2n) is 3.95. The summed E-state index contributed by atoms with van der Waals surface area (Å²) >= 11 is 11.5. The van der Waals surface area contributed by atoms with E-state index in [0.29, 0.717) is 18.7 Å². The standard InChI is InChI=1S/C12H14Cl2N2O3/c1-2-8(6-7-13)15-12(17)11-9(14)4-3-5-10(11)16(18)19/h3-5,8H,2,6-7H2,1H3,(H,15,17). The van der Waals surface area contributed by atoms with E-state index in [1.54, 1.807) is 0 Å². The molecule has 0 aromatic heterocycles. The van der Waals surface area contributed by atoms with Crippen LogP contribution in [0.2, 0.25) is 5.02 Å². The molecule has 0 aliphatic carbocycles. The summed E-state index contributed by atoms with van der Waals surface area (Å²) in [6.45, 7) is 1.90. The quantitative estimate of drug-likeness (QED) is 0.497. The van der Waals surface area contributed by atoms with Gasteiger partial charge in [0.2, 0.25) is 0 Å². The Balaban J connectivity index is 3.02. The largest absolute Gasteiger partial charge is 0.349 e.